The van der Waals surface area contributed by atoms with Gasteiger partial charge in [-0.15, -0.1) is 0 Å². The molecule has 112 valence electrons. The van der Waals surface area contributed by atoms with E-state index in [2.05, 4.69) is 6.92 Å². The fraction of sp³-hybridized carbons (Fsp3) is 0.571. The van der Waals surface area contributed by atoms with E-state index >= 15 is 0 Å². The smallest absolute Gasteiger partial charge is 0.243 e. The number of benzene rings is 1. The zero-order valence-electron chi connectivity index (χ0n) is 12.1. The topological polar surface area (TPSA) is 63.4 Å². The van der Waals surface area contributed by atoms with Gasteiger partial charge in [0.1, 0.15) is 0 Å². The third kappa shape index (κ3) is 2.80. The molecular formula is C14H21ClN2O2S. The van der Waals surface area contributed by atoms with Crippen molar-refractivity contribution in [2.75, 3.05) is 12.3 Å². The molecule has 1 aromatic carbocycles. The summed E-state index contributed by atoms with van der Waals surface area (Å²) in [5, 5.41) is 0.421. The second-order valence-electron chi connectivity index (χ2n) is 5.74. The van der Waals surface area contributed by atoms with Gasteiger partial charge in [0.15, 0.2) is 0 Å². The highest BCUT2D eigenvalue weighted by Gasteiger charge is 2.33. The molecule has 1 saturated heterocycles. The Bertz CT molecular complexity index is 593. The second kappa shape index (κ2) is 5.54. The first kappa shape index (κ1) is 15.6. The van der Waals surface area contributed by atoms with Crippen molar-refractivity contribution in [3.05, 3.63) is 22.7 Å². The Balaban J connectivity index is 2.40. The number of hydrogen-bond donors (Lipinski definition) is 1. The van der Waals surface area contributed by atoms with Gasteiger partial charge in [0.2, 0.25) is 10.0 Å². The van der Waals surface area contributed by atoms with E-state index in [0.29, 0.717) is 28.7 Å². The van der Waals surface area contributed by atoms with E-state index in [9.17, 15) is 8.42 Å². The molecule has 0 aliphatic carbocycles. The maximum atomic E-state index is 12.7. The summed E-state index contributed by atoms with van der Waals surface area (Å²) in [5.74, 6) is 0.563. The van der Waals surface area contributed by atoms with Crippen LogP contribution in [0.5, 0.6) is 0 Å². The number of halogens is 1. The number of sulfonamides is 1. The lowest BCUT2D eigenvalue weighted by Crippen LogP contribution is -2.44. The summed E-state index contributed by atoms with van der Waals surface area (Å²) in [5.41, 5.74) is 6.78. The van der Waals surface area contributed by atoms with Crippen molar-refractivity contribution in [3.63, 3.8) is 0 Å². The van der Waals surface area contributed by atoms with E-state index in [0.717, 1.165) is 12.8 Å². The zero-order chi connectivity index (χ0) is 15.1. The predicted molar refractivity (Wildman–Crippen MR) is 82.4 cm³/mol. The van der Waals surface area contributed by atoms with Gasteiger partial charge < -0.3 is 5.73 Å². The van der Waals surface area contributed by atoms with Gasteiger partial charge in [-0.1, -0.05) is 18.5 Å². The Kier molecular flexibility index (Phi) is 4.33. The lowest BCUT2D eigenvalue weighted by molar-refractivity contribution is 0.220. The molecule has 0 spiro atoms. The van der Waals surface area contributed by atoms with Crippen LogP contribution in [0.25, 0.3) is 0 Å². The van der Waals surface area contributed by atoms with Crippen LogP contribution >= 0.6 is 11.6 Å². The molecule has 1 aliphatic rings. The monoisotopic (exact) mass is 316 g/mol. The van der Waals surface area contributed by atoms with Crippen LogP contribution in [-0.4, -0.2) is 25.3 Å². The minimum absolute atomic E-state index is 0.0148. The highest BCUT2D eigenvalue weighted by Crippen LogP contribution is 2.32. The van der Waals surface area contributed by atoms with Gasteiger partial charge in [-0.3, -0.25) is 0 Å². The lowest BCUT2D eigenvalue weighted by atomic mass is 9.95. The zero-order valence-corrected chi connectivity index (χ0v) is 13.6. The molecule has 0 aromatic heterocycles. The molecule has 4 nitrogen and oxygen atoms in total. The van der Waals surface area contributed by atoms with Crippen LogP contribution in [0.4, 0.5) is 5.69 Å². The Morgan fingerprint density at radius 3 is 2.55 bits per heavy atom. The van der Waals surface area contributed by atoms with Gasteiger partial charge in [0.05, 0.1) is 15.6 Å². The summed E-state index contributed by atoms with van der Waals surface area (Å²) in [6.07, 6.45) is 1.78. The van der Waals surface area contributed by atoms with Crippen LogP contribution in [0.1, 0.15) is 32.3 Å². The summed E-state index contributed by atoms with van der Waals surface area (Å²) < 4.78 is 27.1. The normalized spacial score (nSPS) is 24.8. The minimum atomic E-state index is -3.50. The van der Waals surface area contributed by atoms with Crippen LogP contribution in [0.3, 0.4) is 0 Å². The molecule has 2 rings (SSSR count). The molecule has 0 radical (unpaired) electrons. The molecule has 1 fully saturated rings. The van der Waals surface area contributed by atoms with Crippen LogP contribution in [0.2, 0.25) is 5.02 Å². The summed E-state index contributed by atoms with van der Waals surface area (Å²) in [6.45, 7) is 6.44. The van der Waals surface area contributed by atoms with Crippen molar-refractivity contribution in [3.8, 4) is 0 Å². The fourth-order valence-electron chi connectivity index (χ4n) is 2.79. The van der Waals surface area contributed by atoms with Crippen molar-refractivity contribution >= 4 is 27.3 Å². The van der Waals surface area contributed by atoms with Gasteiger partial charge in [0.25, 0.3) is 0 Å². The van der Waals surface area contributed by atoms with E-state index < -0.39 is 10.0 Å². The molecule has 0 saturated carbocycles. The second-order valence-corrected chi connectivity index (χ2v) is 8.01. The third-order valence-corrected chi connectivity index (χ3v) is 6.45. The predicted octanol–water partition coefficient (Wildman–Crippen LogP) is 3.04. The first-order chi connectivity index (χ1) is 9.23. The van der Waals surface area contributed by atoms with Crippen LogP contribution in [0.15, 0.2) is 17.0 Å². The number of anilines is 1. The molecule has 2 unspecified atom stereocenters. The van der Waals surface area contributed by atoms with Crippen molar-refractivity contribution in [1.29, 1.82) is 0 Å². The van der Waals surface area contributed by atoms with Crippen LogP contribution in [0, 0.1) is 12.8 Å². The average molecular weight is 317 g/mol. The molecule has 2 atom stereocenters. The summed E-state index contributed by atoms with van der Waals surface area (Å²) in [6, 6.07) is 3.06. The Morgan fingerprint density at radius 2 is 2.00 bits per heavy atom. The summed E-state index contributed by atoms with van der Waals surface area (Å²) >= 11 is 6.00. The van der Waals surface area contributed by atoms with Crippen molar-refractivity contribution in [2.24, 2.45) is 5.92 Å². The van der Waals surface area contributed by atoms with Gasteiger partial charge in [-0.2, -0.15) is 4.31 Å². The first-order valence-corrected chi connectivity index (χ1v) is 8.62. The van der Waals surface area contributed by atoms with Gasteiger partial charge >= 0.3 is 0 Å². The molecule has 0 amide bonds. The summed E-state index contributed by atoms with van der Waals surface area (Å²) in [7, 11) is -3.50. The Labute approximate surface area is 126 Å². The van der Waals surface area contributed by atoms with E-state index in [1.54, 1.807) is 17.3 Å². The van der Waals surface area contributed by atoms with Gasteiger partial charge in [-0.25, -0.2) is 8.42 Å². The molecule has 1 heterocycles. The SMILES string of the molecule is Cc1cc(S(=O)(=O)N2CCC(C)CC2C)cc(N)c1Cl. The molecule has 2 N–H and O–H groups in total. The molecule has 20 heavy (non-hydrogen) atoms. The number of nitrogens with zero attached hydrogens (tertiary/aromatic N) is 1. The average Bonchev–Trinajstić information content (AvgIpc) is 2.34. The third-order valence-electron chi connectivity index (χ3n) is 3.94. The van der Waals surface area contributed by atoms with E-state index in [1.807, 2.05) is 6.92 Å². The number of aryl methyl sites for hydroxylation is 1. The maximum absolute atomic E-state index is 12.7. The Morgan fingerprint density at radius 1 is 1.35 bits per heavy atom. The van der Waals surface area contributed by atoms with Gasteiger partial charge in [-0.05, 0) is 50.3 Å². The fourth-order valence-corrected chi connectivity index (χ4v) is 4.68. The van der Waals surface area contributed by atoms with Crippen LogP contribution < -0.4 is 5.73 Å². The van der Waals surface area contributed by atoms with Crippen LogP contribution in [-0.2, 0) is 10.0 Å². The number of hydrogen-bond acceptors (Lipinski definition) is 3. The van der Waals surface area contributed by atoms with Crippen molar-refractivity contribution < 1.29 is 8.42 Å². The number of nitrogens with two attached hydrogens (primary N) is 1. The molecule has 1 aliphatic heterocycles. The molecular weight excluding hydrogens is 296 g/mol. The first-order valence-electron chi connectivity index (χ1n) is 6.81. The van der Waals surface area contributed by atoms with E-state index in [-0.39, 0.29) is 10.9 Å². The largest absolute Gasteiger partial charge is 0.397 e. The number of rotatable bonds is 2. The highest BCUT2D eigenvalue weighted by atomic mass is 35.5. The lowest BCUT2D eigenvalue weighted by Gasteiger charge is -2.35. The van der Waals surface area contributed by atoms with Gasteiger partial charge in [0, 0.05) is 12.6 Å². The minimum Gasteiger partial charge on any atom is -0.397 e. The maximum Gasteiger partial charge on any atom is 0.243 e. The Hall–Kier alpha value is -0.780. The van der Waals surface area contributed by atoms with E-state index in [4.69, 9.17) is 17.3 Å². The number of nitrogen functional groups attached to an aromatic ring is 1. The highest BCUT2D eigenvalue weighted by molar-refractivity contribution is 7.89. The molecule has 6 heteroatoms. The molecule has 1 aromatic rings. The van der Waals surface area contributed by atoms with E-state index in [1.165, 1.54) is 6.07 Å². The quantitative estimate of drug-likeness (QED) is 0.853. The summed E-state index contributed by atoms with van der Waals surface area (Å²) in [4.78, 5) is 0.235. The van der Waals surface area contributed by atoms with Crippen molar-refractivity contribution in [2.45, 2.75) is 44.6 Å². The van der Waals surface area contributed by atoms with Crippen molar-refractivity contribution in [1.82, 2.24) is 4.31 Å². The molecule has 0 bridgehead atoms. The number of piperidine rings is 1. The standard InChI is InChI=1S/C14H21ClN2O2S/c1-9-4-5-17(11(3)6-9)20(18,19)12-7-10(2)14(15)13(16)8-12/h7-9,11H,4-6,16H2,1-3H3.